The topological polar surface area (TPSA) is 3.24 Å². The molecule has 0 saturated carbocycles. The van der Waals surface area contributed by atoms with Gasteiger partial charge in [-0.05, 0) is 67.7 Å². The Morgan fingerprint density at radius 1 is 1.13 bits per heavy atom. The van der Waals surface area contributed by atoms with Crippen molar-refractivity contribution in [2.45, 2.75) is 40.0 Å². The third kappa shape index (κ3) is 4.59. The molecule has 0 bridgehead atoms. The van der Waals surface area contributed by atoms with Crippen molar-refractivity contribution >= 4 is 11.4 Å². The molecule has 2 aromatic carbocycles. The van der Waals surface area contributed by atoms with Crippen molar-refractivity contribution < 1.29 is 0 Å². The first kappa shape index (κ1) is 17.1. The van der Waals surface area contributed by atoms with Crippen molar-refractivity contribution in [2.75, 3.05) is 4.90 Å². The predicted molar refractivity (Wildman–Crippen MR) is 102 cm³/mol. The lowest BCUT2D eigenvalue weighted by atomic mass is 9.98. The first-order chi connectivity index (χ1) is 11.0. The van der Waals surface area contributed by atoms with Crippen LogP contribution in [0.3, 0.4) is 0 Å². The van der Waals surface area contributed by atoms with Gasteiger partial charge >= 0.3 is 0 Å². The van der Waals surface area contributed by atoms with Crippen LogP contribution >= 0.6 is 0 Å². The first-order valence-electron chi connectivity index (χ1n) is 8.31. The number of benzene rings is 2. The number of rotatable bonds is 6. The highest BCUT2D eigenvalue weighted by molar-refractivity contribution is 5.67. The van der Waals surface area contributed by atoms with Crippen LogP contribution in [-0.4, -0.2) is 0 Å². The van der Waals surface area contributed by atoms with Crippen molar-refractivity contribution in [3.8, 4) is 0 Å². The molecule has 0 fully saturated rings. The van der Waals surface area contributed by atoms with Gasteiger partial charge in [0.1, 0.15) is 0 Å². The average molecular weight is 305 g/mol. The van der Waals surface area contributed by atoms with Crippen LogP contribution in [0.5, 0.6) is 0 Å². The second-order valence-corrected chi connectivity index (χ2v) is 6.27. The average Bonchev–Trinajstić information content (AvgIpc) is 2.55. The van der Waals surface area contributed by atoms with Gasteiger partial charge in [-0.15, -0.1) is 0 Å². The van der Waals surface area contributed by atoms with E-state index in [9.17, 15) is 0 Å². The smallest absolute Gasteiger partial charge is 0.0458 e. The van der Waals surface area contributed by atoms with Crippen molar-refractivity contribution in [2.24, 2.45) is 0 Å². The van der Waals surface area contributed by atoms with Crippen LogP contribution in [0.25, 0.3) is 0 Å². The molecule has 2 aromatic rings. The van der Waals surface area contributed by atoms with Crippen LogP contribution < -0.4 is 4.90 Å². The van der Waals surface area contributed by atoms with E-state index in [4.69, 9.17) is 0 Å². The van der Waals surface area contributed by atoms with E-state index < -0.39 is 0 Å². The molecular weight excluding hydrogens is 278 g/mol. The van der Waals surface area contributed by atoms with Gasteiger partial charge in [0.25, 0.3) is 0 Å². The van der Waals surface area contributed by atoms with Gasteiger partial charge in [0.2, 0.25) is 0 Å². The lowest BCUT2D eigenvalue weighted by Crippen LogP contribution is -2.08. The molecule has 0 aromatic heterocycles. The molecule has 0 aliphatic carbocycles. The number of anilines is 2. The van der Waals surface area contributed by atoms with Gasteiger partial charge in [0.15, 0.2) is 0 Å². The van der Waals surface area contributed by atoms with Crippen LogP contribution in [0.2, 0.25) is 0 Å². The van der Waals surface area contributed by atoms with Crippen molar-refractivity contribution in [1.29, 1.82) is 0 Å². The summed E-state index contributed by atoms with van der Waals surface area (Å²) in [7, 11) is 0. The minimum absolute atomic E-state index is 0.599. The molecular formula is C22H27N. The molecule has 0 saturated heterocycles. The fourth-order valence-electron chi connectivity index (χ4n) is 2.50. The van der Waals surface area contributed by atoms with E-state index in [1.807, 2.05) is 13.0 Å². The van der Waals surface area contributed by atoms with E-state index in [0.29, 0.717) is 5.92 Å². The summed E-state index contributed by atoms with van der Waals surface area (Å²) in [6.07, 6.45) is 5.30. The van der Waals surface area contributed by atoms with E-state index in [1.54, 1.807) is 0 Å². The van der Waals surface area contributed by atoms with Crippen LogP contribution in [0.4, 0.5) is 11.4 Å². The summed E-state index contributed by atoms with van der Waals surface area (Å²) in [5.41, 5.74) is 6.02. The number of hydrogen-bond acceptors (Lipinski definition) is 1. The Bertz CT molecular complexity index is 679. The third-order valence-electron chi connectivity index (χ3n) is 4.14. The van der Waals surface area contributed by atoms with Gasteiger partial charge in [0, 0.05) is 17.6 Å². The number of hydrogen-bond donors (Lipinski definition) is 0. The second kappa shape index (κ2) is 7.82. The Balaban J connectivity index is 2.39. The maximum absolute atomic E-state index is 3.97. The van der Waals surface area contributed by atoms with Gasteiger partial charge in [-0.2, -0.15) is 0 Å². The van der Waals surface area contributed by atoms with Crippen LogP contribution in [0.15, 0.2) is 73.0 Å². The largest absolute Gasteiger partial charge is 0.317 e. The Hall–Kier alpha value is -2.28. The summed E-state index contributed by atoms with van der Waals surface area (Å²) in [5.74, 6) is 0.599. The van der Waals surface area contributed by atoms with Crippen molar-refractivity contribution in [3.05, 3.63) is 84.1 Å². The quantitative estimate of drug-likeness (QED) is 0.534. The van der Waals surface area contributed by atoms with Gasteiger partial charge in [-0.1, -0.05) is 50.3 Å². The molecule has 120 valence electrons. The zero-order valence-electron chi connectivity index (χ0n) is 14.7. The summed E-state index contributed by atoms with van der Waals surface area (Å²) in [6.45, 7) is 12.6. The molecule has 1 nitrogen and oxygen atoms in total. The van der Waals surface area contributed by atoms with Crippen LogP contribution in [0.1, 0.15) is 44.2 Å². The standard InChI is InChI=1S/C22H27N/c1-6-19(5)20-10-12-21(13-11-20)23(15-14-17(2)3)22-9-7-8-18(4)16-22/h7-16,19H,2,6H2,1,3-5H3/b15-14+. The molecule has 0 amide bonds. The molecule has 0 N–H and O–H groups in total. The molecule has 2 rings (SSSR count). The minimum atomic E-state index is 0.599. The van der Waals surface area contributed by atoms with E-state index in [-0.39, 0.29) is 0 Å². The van der Waals surface area contributed by atoms with E-state index in [2.05, 4.69) is 87.0 Å². The zero-order chi connectivity index (χ0) is 16.8. The normalized spacial score (nSPS) is 12.3. The molecule has 0 heterocycles. The predicted octanol–water partition coefficient (Wildman–Crippen LogP) is 6.74. The SMILES string of the molecule is C=C(C)/C=C/N(c1ccc(C(C)CC)cc1)c1cccc(C)c1. The number of aryl methyl sites for hydroxylation is 1. The highest BCUT2D eigenvalue weighted by Gasteiger charge is 2.08. The molecule has 1 atom stereocenters. The minimum Gasteiger partial charge on any atom is -0.317 e. The molecule has 0 aliphatic rings. The summed E-state index contributed by atoms with van der Waals surface area (Å²) in [6, 6.07) is 17.4. The van der Waals surface area contributed by atoms with E-state index in [1.165, 1.54) is 22.5 Å². The summed E-state index contributed by atoms with van der Waals surface area (Å²) in [5, 5.41) is 0. The first-order valence-corrected chi connectivity index (χ1v) is 8.31. The fraction of sp³-hybridized carbons (Fsp3) is 0.273. The van der Waals surface area contributed by atoms with Gasteiger partial charge in [-0.3, -0.25) is 0 Å². The Kier molecular flexibility index (Phi) is 5.81. The van der Waals surface area contributed by atoms with Gasteiger partial charge in [-0.25, -0.2) is 0 Å². The monoisotopic (exact) mass is 305 g/mol. The Morgan fingerprint density at radius 3 is 2.39 bits per heavy atom. The molecule has 0 spiro atoms. The van der Waals surface area contributed by atoms with Crippen LogP contribution in [0, 0.1) is 6.92 Å². The Labute approximate surface area is 141 Å². The maximum Gasteiger partial charge on any atom is 0.0458 e. The van der Waals surface area contributed by atoms with E-state index in [0.717, 1.165) is 12.0 Å². The summed E-state index contributed by atoms with van der Waals surface area (Å²) < 4.78 is 0. The zero-order valence-corrected chi connectivity index (χ0v) is 14.7. The lowest BCUT2D eigenvalue weighted by molar-refractivity contribution is 0.733. The number of nitrogens with zero attached hydrogens (tertiary/aromatic N) is 1. The van der Waals surface area contributed by atoms with Gasteiger partial charge in [0.05, 0.1) is 0 Å². The molecule has 1 heteroatoms. The molecule has 0 radical (unpaired) electrons. The highest BCUT2D eigenvalue weighted by atomic mass is 15.1. The second-order valence-electron chi connectivity index (χ2n) is 6.27. The molecule has 0 aliphatic heterocycles. The lowest BCUT2D eigenvalue weighted by Gasteiger charge is -2.22. The third-order valence-corrected chi connectivity index (χ3v) is 4.14. The van der Waals surface area contributed by atoms with Gasteiger partial charge < -0.3 is 4.90 Å². The molecule has 1 unspecified atom stereocenters. The van der Waals surface area contributed by atoms with Crippen LogP contribution in [-0.2, 0) is 0 Å². The van der Waals surface area contributed by atoms with Crippen molar-refractivity contribution in [1.82, 2.24) is 0 Å². The fourth-order valence-corrected chi connectivity index (χ4v) is 2.50. The van der Waals surface area contributed by atoms with Crippen molar-refractivity contribution in [3.63, 3.8) is 0 Å². The Morgan fingerprint density at radius 2 is 1.83 bits per heavy atom. The summed E-state index contributed by atoms with van der Waals surface area (Å²) in [4.78, 5) is 2.21. The highest BCUT2D eigenvalue weighted by Crippen LogP contribution is 2.29. The molecule has 23 heavy (non-hydrogen) atoms. The van der Waals surface area contributed by atoms with E-state index >= 15 is 0 Å². The maximum atomic E-state index is 3.97. The number of allylic oxidation sites excluding steroid dienone is 2. The summed E-state index contributed by atoms with van der Waals surface area (Å²) >= 11 is 0.